The number of rotatable bonds is 2. The smallest absolute Gasteiger partial charge is 0.224 e. The lowest BCUT2D eigenvalue weighted by molar-refractivity contribution is 0.925. The highest BCUT2D eigenvalue weighted by molar-refractivity contribution is 5.63. The molecule has 0 atom stereocenters. The van der Waals surface area contributed by atoms with Crippen molar-refractivity contribution in [3.63, 3.8) is 0 Å². The quantitative estimate of drug-likeness (QED) is 0.746. The topological polar surface area (TPSA) is 68.8 Å². The molecule has 2 aromatic rings. The number of anilines is 2. The van der Waals surface area contributed by atoms with Crippen molar-refractivity contribution in [1.29, 1.82) is 0 Å². The molecule has 1 aromatic heterocycles. The molecule has 0 saturated heterocycles. The van der Waals surface area contributed by atoms with Crippen LogP contribution in [-0.2, 0) is 7.05 Å². The van der Waals surface area contributed by atoms with Crippen molar-refractivity contribution in [2.24, 2.45) is 7.05 Å². The SMILES string of the molecule is CNc1nnc(-c2ccc(N)c(C)c2)n1C. The van der Waals surface area contributed by atoms with E-state index in [0.29, 0.717) is 0 Å². The number of nitrogens with zero attached hydrogens (tertiary/aromatic N) is 3. The molecule has 0 bridgehead atoms. The molecular formula is C11H15N5. The summed E-state index contributed by atoms with van der Waals surface area (Å²) in [7, 11) is 3.74. The first-order valence-electron chi connectivity index (χ1n) is 5.07. The minimum Gasteiger partial charge on any atom is -0.399 e. The minimum atomic E-state index is 0.740. The van der Waals surface area contributed by atoms with Crippen LogP contribution < -0.4 is 11.1 Å². The maximum Gasteiger partial charge on any atom is 0.224 e. The van der Waals surface area contributed by atoms with Gasteiger partial charge in [-0.05, 0) is 30.7 Å². The molecule has 5 nitrogen and oxygen atoms in total. The molecule has 16 heavy (non-hydrogen) atoms. The summed E-state index contributed by atoms with van der Waals surface area (Å²) in [6.45, 7) is 1.98. The van der Waals surface area contributed by atoms with E-state index in [1.54, 1.807) is 0 Å². The number of benzene rings is 1. The summed E-state index contributed by atoms with van der Waals surface area (Å²) in [5, 5.41) is 11.1. The van der Waals surface area contributed by atoms with E-state index in [2.05, 4.69) is 15.5 Å². The van der Waals surface area contributed by atoms with Crippen LogP contribution in [0.2, 0.25) is 0 Å². The second kappa shape index (κ2) is 3.84. The van der Waals surface area contributed by atoms with E-state index in [1.165, 1.54) is 0 Å². The number of nitrogens with two attached hydrogens (primary N) is 1. The van der Waals surface area contributed by atoms with Crippen LogP contribution in [0.5, 0.6) is 0 Å². The average molecular weight is 217 g/mol. The fourth-order valence-corrected chi connectivity index (χ4v) is 1.61. The Morgan fingerprint density at radius 2 is 2.06 bits per heavy atom. The van der Waals surface area contributed by atoms with E-state index in [-0.39, 0.29) is 0 Å². The van der Waals surface area contributed by atoms with Crippen LogP contribution >= 0.6 is 0 Å². The fraction of sp³-hybridized carbons (Fsp3) is 0.273. The third-order valence-electron chi connectivity index (χ3n) is 2.63. The number of nitrogen functional groups attached to an aromatic ring is 1. The molecule has 84 valence electrons. The summed E-state index contributed by atoms with van der Waals surface area (Å²) in [4.78, 5) is 0. The van der Waals surface area contributed by atoms with Crippen molar-refractivity contribution in [1.82, 2.24) is 14.8 Å². The number of aromatic nitrogens is 3. The van der Waals surface area contributed by atoms with Gasteiger partial charge in [0.05, 0.1) is 0 Å². The summed E-state index contributed by atoms with van der Waals surface area (Å²) in [5.41, 5.74) is 8.64. The zero-order chi connectivity index (χ0) is 11.7. The van der Waals surface area contributed by atoms with Crippen LogP contribution in [-0.4, -0.2) is 21.8 Å². The van der Waals surface area contributed by atoms with Gasteiger partial charge in [-0.15, -0.1) is 10.2 Å². The number of nitrogens with one attached hydrogen (secondary N) is 1. The Balaban J connectivity index is 2.50. The summed E-state index contributed by atoms with van der Waals surface area (Å²) in [5.74, 6) is 1.57. The zero-order valence-electron chi connectivity index (χ0n) is 9.65. The first-order chi connectivity index (χ1) is 7.63. The Bertz CT molecular complexity index is 515. The number of hydrogen-bond donors (Lipinski definition) is 2. The third-order valence-corrected chi connectivity index (χ3v) is 2.63. The van der Waals surface area contributed by atoms with E-state index >= 15 is 0 Å². The third kappa shape index (κ3) is 1.60. The normalized spacial score (nSPS) is 10.4. The van der Waals surface area contributed by atoms with Gasteiger partial charge < -0.3 is 11.1 Å². The van der Waals surface area contributed by atoms with Gasteiger partial charge in [-0.3, -0.25) is 4.57 Å². The fourth-order valence-electron chi connectivity index (χ4n) is 1.61. The maximum atomic E-state index is 5.78. The van der Waals surface area contributed by atoms with E-state index in [4.69, 9.17) is 5.73 Å². The molecule has 0 unspecified atom stereocenters. The van der Waals surface area contributed by atoms with Crippen LogP contribution in [0.3, 0.4) is 0 Å². The highest BCUT2D eigenvalue weighted by Crippen LogP contribution is 2.22. The average Bonchev–Trinajstić information content (AvgIpc) is 2.64. The van der Waals surface area contributed by atoms with Crippen molar-refractivity contribution in [3.05, 3.63) is 23.8 Å². The molecule has 0 aliphatic rings. The van der Waals surface area contributed by atoms with Gasteiger partial charge in [-0.1, -0.05) is 0 Å². The Labute approximate surface area is 94.3 Å². The highest BCUT2D eigenvalue weighted by Gasteiger charge is 2.09. The highest BCUT2D eigenvalue weighted by atomic mass is 15.3. The van der Waals surface area contributed by atoms with Crippen molar-refractivity contribution < 1.29 is 0 Å². The minimum absolute atomic E-state index is 0.740. The van der Waals surface area contributed by atoms with Gasteiger partial charge >= 0.3 is 0 Å². The van der Waals surface area contributed by atoms with E-state index in [9.17, 15) is 0 Å². The summed E-state index contributed by atoms with van der Waals surface area (Å²) < 4.78 is 1.91. The molecule has 2 rings (SSSR count). The largest absolute Gasteiger partial charge is 0.399 e. The molecule has 0 aliphatic heterocycles. The molecule has 1 heterocycles. The van der Waals surface area contributed by atoms with Gasteiger partial charge in [0.2, 0.25) is 5.95 Å². The second-order valence-electron chi connectivity index (χ2n) is 3.73. The van der Waals surface area contributed by atoms with E-state index in [0.717, 1.165) is 28.6 Å². The Hall–Kier alpha value is -2.04. The van der Waals surface area contributed by atoms with Gasteiger partial charge in [0.15, 0.2) is 5.82 Å². The molecule has 0 spiro atoms. The van der Waals surface area contributed by atoms with Crippen molar-refractivity contribution >= 4 is 11.6 Å². The zero-order valence-corrected chi connectivity index (χ0v) is 9.65. The summed E-state index contributed by atoms with van der Waals surface area (Å²) in [6, 6.07) is 5.85. The van der Waals surface area contributed by atoms with Crippen LogP contribution in [0.1, 0.15) is 5.56 Å². The predicted octanol–water partition coefficient (Wildman–Crippen LogP) is 1.41. The Kier molecular flexibility index (Phi) is 2.52. The van der Waals surface area contributed by atoms with Crippen LogP contribution in [0.4, 0.5) is 11.6 Å². The number of aryl methyl sites for hydroxylation is 1. The molecule has 0 radical (unpaired) electrons. The molecule has 0 fully saturated rings. The molecule has 0 saturated carbocycles. The standard InChI is InChI=1S/C11H15N5/c1-7-6-8(4-5-9(7)12)10-14-15-11(13-2)16(10)3/h4-6H,12H2,1-3H3,(H,13,15). The summed E-state index contributed by atoms with van der Waals surface area (Å²) >= 11 is 0. The number of hydrogen-bond acceptors (Lipinski definition) is 4. The van der Waals surface area contributed by atoms with E-state index < -0.39 is 0 Å². The molecule has 5 heteroatoms. The van der Waals surface area contributed by atoms with Gasteiger partial charge in [0.25, 0.3) is 0 Å². The van der Waals surface area contributed by atoms with Crippen molar-refractivity contribution in [3.8, 4) is 11.4 Å². The Morgan fingerprint density at radius 1 is 1.31 bits per heavy atom. The predicted molar refractivity (Wildman–Crippen MR) is 65.1 cm³/mol. The monoisotopic (exact) mass is 217 g/mol. The first kappa shape index (κ1) is 10.5. The lowest BCUT2D eigenvalue weighted by Gasteiger charge is -2.05. The molecule has 1 aromatic carbocycles. The lowest BCUT2D eigenvalue weighted by atomic mass is 10.1. The first-order valence-corrected chi connectivity index (χ1v) is 5.07. The summed E-state index contributed by atoms with van der Waals surface area (Å²) in [6.07, 6.45) is 0. The van der Waals surface area contributed by atoms with Crippen molar-refractivity contribution in [2.75, 3.05) is 18.1 Å². The van der Waals surface area contributed by atoms with Crippen LogP contribution in [0.15, 0.2) is 18.2 Å². The maximum absolute atomic E-state index is 5.78. The molecule has 3 N–H and O–H groups in total. The molecule has 0 amide bonds. The van der Waals surface area contributed by atoms with Gasteiger partial charge in [-0.25, -0.2) is 0 Å². The lowest BCUT2D eigenvalue weighted by Crippen LogP contribution is -2.00. The van der Waals surface area contributed by atoms with Gasteiger partial charge in [0, 0.05) is 25.3 Å². The van der Waals surface area contributed by atoms with Crippen LogP contribution in [0, 0.1) is 6.92 Å². The van der Waals surface area contributed by atoms with Crippen molar-refractivity contribution in [2.45, 2.75) is 6.92 Å². The molecular weight excluding hydrogens is 202 g/mol. The van der Waals surface area contributed by atoms with Crippen LogP contribution in [0.25, 0.3) is 11.4 Å². The van der Waals surface area contributed by atoms with Gasteiger partial charge in [-0.2, -0.15) is 0 Å². The Morgan fingerprint density at radius 3 is 2.62 bits per heavy atom. The van der Waals surface area contributed by atoms with E-state index in [1.807, 2.05) is 43.8 Å². The van der Waals surface area contributed by atoms with Gasteiger partial charge in [0.1, 0.15) is 0 Å². The second-order valence-corrected chi connectivity index (χ2v) is 3.73. The molecule has 0 aliphatic carbocycles.